The van der Waals surface area contributed by atoms with Crippen molar-refractivity contribution in [3.05, 3.63) is 20.3 Å². The standard InChI is InChI=1S/C11H15BrS/c1-8-10(12)7-11(13-8)9-5-3-2-4-6-9/h7,9H,2-6H2,1H3. The van der Waals surface area contributed by atoms with Crippen molar-refractivity contribution in [3.8, 4) is 0 Å². The Morgan fingerprint density at radius 3 is 2.54 bits per heavy atom. The van der Waals surface area contributed by atoms with E-state index in [2.05, 4.69) is 28.9 Å². The van der Waals surface area contributed by atoms with Crippen LogP contribution in [-0.4, -0.2) is 0 Å². The van der Waals surface area contributed by atoms with Crippen LogP contribution in [0.25, 0.3) is 0 Å². The van der Waals surface area contributed by atoms with Crippen LogP contribution in [0.5, 0.6) is 0 Å². The van der Waals surface area contributed by atoms with Crippen molar-refractivity contribution in [1.82, 2.24) is 0 Å². The van der Waals surface area contributed by atoms with Crippen LogP contribution >= 0.6 is 27.3 Å². The van der Waals surface area contributed by atoms with E-state index < -0.39 is 0 Å². The molecule has 0 bridgehead atoms. The third-order valence-corrected chi connectivity index (χ3v) is 5.18. The van der Waals surface area contributed by atoms with Crippen LogP contribution in [0, 0.1) is 6.92 Å². The number of hydrogen-bond donors (Lipinski definition) is 0. The highest BCUT2D eigenvalue weighted by Crippen LogP contribution is 2.38. The van der Waals surface area contributed by atoms with Crippen LogP contribution in [0.3, 0.4) is 0 Å². The van der Waals surface area contributed by atoms with Gasteiger partial charge in [-0.1, -0.05) is 19.3 Å². The van der Waals surface area contributed by atoms with Gasteiger partial charge in [-0.3, -0.25) is 0 Å². The highest BCUT2D eigenvalue weighted by molar-refractivity contribution is 9.10. The Morgan fingerprint density at radius 1 is 1.31 bits per heavy atom. The van der Waals surface area contributed by atoms with Crippen molar-refractivity contribution in [1.29, 1.82) is 0 Å². The second-order valence-electron chi connectivity index (χ2n) is 3.89. The zero-order chi connectivity index (χ0) is 9.26. The van der Waals surface area contributed by atoms with Gasteiger partial charge in [-0.05, 0) is 47.7 Å². The molecule has 1 heterocycles. The summed E-state index contributed by atoms with van der Waals surface area (Å²) in [5, 5.41) is 0. The monoisotopic (exact) mass is 258 g/mol. The van der Waals surface area contributed by atoms with E-state index in [1.807, 2.05) is 11.3 Å². The fourth-order valence-corrected chi connectivity index (χ4v) is 3.80. The number of hydrogen-bond acceptors (Lipinski definition) is 1. The molecule has 1 fully saturated rings. The molecule has 1 aliphatic carbocycles. The molecule has 72 valence electrons. The molecule has 0 nitrogen and oxygen atoms in total. The maximum absolute atomic E-state index is 3.59. The van der Waals surface area contributed by atoms with E-state index in [4.69, 9.17) is 0 Å². The summed E-state index contributed by atoms with van der Waals surface area (Å²) in [4.78, 5) is 3.03. The third kappa shape index (κ3) is 2.16. The lowest BCUT2D eigenvalue weighted by Gasteiger charge is -2.19. The summed E-state index contributed by atoms with van der Waals surface area (Å²) in [5.74, 6) is 0.865. The Hall–Kier alpha value is 0.180. The molecule has 0 atom stereocenters. The minimum absolute atomic E-state index is 0.865. The summed E-state index contributed by atoms with van der Waals surface area (Å²) < 4.78 is 1.30. The predicted molar refractivity (Wildman–Crippen MR) is 62.6 cm³/mol. The van der Waals surface area contributed by atoms with Crippen LogP contribution in [-0.2, 0) is 0 Å². The second-order valence-corrected chi connectivity index (χ2v) is 6.03. The van der Waals surface area contributed by atoms with Gasteiger partial charge in [0.1, 0.15) is 0 Å². The van der Waals surface area contributed by atoms with Gasteiger partial charge in [-0.15, -0.1) is 11.3 Å². The van der Waals surface area contributed by atoms with Gasteiger partial charge in [-0.2, -0.15) is 0 Å². The average Bonchev–Trinajstić information content (AvgIpc) is 2.49. The Balaban J connectivity index is 2.14. The van der Waals surface area contributed by atoms with Crippen molar-refractivity contribution in [3.63, 3.8) is 0 Å². The molecule has 0 spiro atoms. The Kier molecular flexibility index (Phi) is 3.10. The first kappa shape index (κ1) is 9.72. The lowest BCUT2D eigenvalue weighted by Crippen LogP contribution is -2.02. The lowest BCUT2D eigenvalue weighted by atomic mass is 9.88. The molecule has 1 aromatic rings. The van der Waals surface area contributed by atoms with Gasteiger partial charge in [0.2, 0.25) is 0 Å². The van der Waals surface area contributed by atoms with Crippen molar-refractivity contribution in [2.24, 2.45) is 0 Å². The first-order valence-corrected chi connectivity index (χ1v) is 6.64. The molecular weight excluding hydrogens is 244 g/mol. The normalized spacial score (nSPS) is 19.2. The van der Waals surface area contributed by atoms with E-state index in [-0.39, 0.29) is 0 Å². The van der Waals surface area contributed by atoms with Gasteiger partial charge in [0, 0.05) is 14.2 Å². The molecule has 0 amide bonds. The Bertz CT molecular complexity index is 265. The van der Waals surface area contributed by atoms with Crippen molar-refractivity contribution < 1.29 is 0 Å². The molecule has 13 heavy (non-hydrogen) atoms. The smallest absolute Gasteiger partial charge is 0.0314 e. The van der Waals surface area contributed by atoms with Crippen molar-refractivity contribution in [2.75, 3.05) is 0 Å². The molecule has 1 aromatic heterocycles. The first-order valence-electron chi connectivity index (χ1n) is 5.03. The molecule has 0 unspecified atom stereocenters. The van der Waals surface area contributed by atoms with E-state index in [1.54, 1.807) is 4.88 Å². The molecule has 1 saturated carbocycles. The quantitative estimate of drug-likeness (QED) is 0.675. The van der Waals surface area contributed by atoms with E-state index in [0.717, 1.165) is 5.92 Å². The van der Waals surface area contributed by atoms with Gasteiger partial charge < -0.3 is 0 Å². The Morgan fingerprint density at radius 2 is 2.00 bits per heavy atom. The van der Waals surface area contributed by atoms with Crippen LogP contribution in [0.4, 0.5) is 0 Å². The molecule has 0 radical (unpaired) electrons. The summed E-state index contributed by atoms with van der Waals surface area (Å²) in [5.41, 5.74) is 0. The van der Waals surface area contributed by atoms with E-state index in [1.165, 1.54) is 41.5 Å². The predicted octanol–water partition coefficient (Wildman–Crippen LogP) is 4.87. The van der Waals surface area contributed by atoms with Gasteiger partial charge >= 0.3 is 0 Å². The Labute approximate surface area is 92.5 Å². The fourth-order valence-electron chi connectivity index (χ4n) is 2.07. The number of thiophene rings is 1. The summed E-state index contributed by atoms with van der Waals surface area (Å²) in [7, 11) is 0. The highest BCUT2D eigenvalue weighted by Gasteiger charge is 2.17. The van der Waals surface area contributed by atoms with E-state index in [9.17, 15) is 0 Å². The molecule has 0 N–H and O–H groups in total. The highest BCUT2D eigenvalue weighted by atomic mass is 79.9. The van der Waals surface area contributed by atoms with Crippen LogP contribution in [0.1, 0.15) is 47.8 Å². The maximum Gasteiger partial charge on any atom is 0.0314 e. The SMILES string of the molecule is Cc1sc(C2CCCCC2)cc1Br. The van der Waals surface area contributed by atoms with E-state index in [0.29, 0.717) is 0 Å². The molecule has 2 rings (SSSR count). The minimum atomic E-state index is 0.865. The van der Waals surface area contributed by atoms with Crippen LogP contribution < -0.4 is 0 Å². The maximum atomic E-state index is 3.59. The molecule has 1 aliphatic rings. The van der Waals surface area contributed by atoms with Gasteiger partial charge in [0.05, 0.1) is 0 Å². The van der Waals surface area contributed by atoms with Gasteiger partial charge in [-0.25, -0.2) is 0 Å². The topological polar surface area (TPSA) is 0 Å². The molecule has 0 aromatic carbocycles. The summed E-state index contributed by atoms with van der Waals surface area (Å²) in [6.07, 6.45) is 7.12. The first-order chi connectivity index (χ1) is 6.27. The zero-order valence-corrected chi connectivity index (χ0v) is 10.4. The minimum Gasteiger partial charge on any atom is -0.144 e. The van der Waals surface area contributed by atoms with Crippen LogP contribution in [0.15, 0.2) is 10.5 Å². The van der Waals surface area contributed by atoms with Crippen molar-refractivity contribution >= 4 is 27.3 Å². The number of halogens is 1. The summed E-state index contributed by atoms with van der Waals surface area (Å²) in [6, 6.07) is 2.33. The largest absolute Gasteiger partial charge is 0.144 e. The number of rotatable bonds is 1. The second kappa shape index (κ2) is 4.14. The summed E-state index contributed by atoms with van der Waals surface area (Å²) in [6.45, 7) is 2.20. The fraction of sp³-hybridized carbons (Fsp3) is 0.636. The molecular formula is C11H15BrS. The number of aryl methyl sites for hydroxylation is 1. The van der Waals surface area contributed by atoms with E-state index >= 15 is 0 Å². The molecule has 2 heteroatoms. The van der Waals surface area contributed by atoms with Crippen molar-refractivity contribution in [2.45, 2.75) is 44.9 Å². The van der Waals surface area contributed by atoms with Gasteiger partial charge in [0.15, 0.2) is 0 Å². The average molecular weight is 259 g/mol. The lowest BCUT2D eigenvalue weighted by molar-refractivity contribution is 0.448. The van der Waals surface area contributed by atoms with Gasteiger partial charge in [0.25, 0.3) is 0 Å². The zero-order valence-electron chi connectivity index (χ0n) is 7.98. The molecule has 0 saturated heterocycles. The summed E-state index contributed by atoms with van der Waals surface area (Å²) >= 11 is 5.57. The molecule has 0 aliphatic heterocycles. The third-order valence-electron chi connectivity index (χ3n) is 2.88. The van der Waals surface area contributed by atoms with Crippen LogP contribution in [0.2, 0.25) is 0 Å².